The SMILES string of the molecule is CC(NC(=O)CN1C(=O)NC(C)(c2ccccc2)C1=O)c1ccc(F)cc1. The second-order valence-electron chi connectivity index (χ2n) is 6.65. The molecule has 2 unspecified atom stereocenters. The van der Waals surface area contributed by atoms with Gasteiger partial charge in [0.25, 0.3) is 5.91 Å². The number of amides is 4. The number of rotatable bonds is 5. The van der Waals surface area contributed by atoms with Gasteiger partial charge in [-0.3, -0.25) is 14.5 Å². The van der Waals surface area contributed by atoms with E-state index in [1.54, 1.807) is 50.2 Å². The Balaban J connectivity index is 1.68. The van der Waals surface area contributed by atoms with E-state index < -0.39 is 29.9 Å². The van der Waals surface area contributed by atoms with Crippen LogP contribution in [0.2, 0.25) is 0 Å². The van der Waals surface area contributed by atoms with E-state index in [0.717, 1.165) is 10.5 Å². The summed E-state index contributed by atoms with van der Waals surface area (Å²) in [5, 5.41) is 5.37. The molecule has 0 saturated carbocycles. The fourth-order valence-corrected chi connectivity index (χ4v) is 3.07. The summed E-state index contributed by atoms with van der Waals surface area (Å²) in [4.78, 5) is 38.3. The van der Waals surface area contributed by atoms with Crippen LogP contribution in [-0.4, -0.2) is 29.3 Å². The summed E-state index contributed by atoms with van der Waals surface area (Å²) < 4.78 is 13.0. The van der Waals surface area contributed by atoms with Crippen LogP contribution < -0.4 is 10.6 Å². The first-order valence-corrected chi connectivity index (χ1v) is 8.56. The number of nitrogens with one attached hydrogen (secondary N) is 2. The van der Waals surface area contributed by atoms with Crippen LogP contribution in [0.5, 0.6) is 0 Å². The van der Waals surface area contributed by atoms with Gasteiger partial charge in [-0.2, -0.15) is 0 Å². The second-order valence-corrected chi connectivity index (χ2v) is 6.65. The maximum atomic E-state index is 13.0. The van der Waals surface area contributed by atoms with E-state index in [1.807, 2.05) is 6.07 Å². The van der Waals surface area contributed by atoms with Gasteiger partial charge >= 0.3 is 6.03 Å². The van der Waals surface area contributed by atoms with E-state index in [4.69, 9.17) is 0 Å². The number of hydrogen-bond acceptors (Lipinski definition) is 3. The van der Waals surface area contributed by atoms with E-state index in [0.29, 0.717) is 5.56 Å². The Kier molecular flexibility index (Phi) is 4.94. The lowest BCUT2D eigenvalue weighted by Crippen LogP contribution is -2.43. The third-order valence-electron chi connectivity index (χ3n) is 4.68. The van der Waals surface area contributed by atoms with Crippen molar-refractivity contribution in [2.45, 2.75) is 25.4 Å². The van der Waals surface area contributed by atoms with E-state index in [9.17, 15) is 18.8 Å². The van der Waals surface area contributed by atoms with Gasteiger partial charge in [0.2, 0.25) is 5.91 Å². The molecule has 2 atom stereocenters. The molecule has 0 aliphatic carbocycles. The molecule has 2 aromatic carbocycles. The molecular weight excluding hydrogens is 349 g/mol. The molecule has 4 amide bonds. The molecule has 1 fully saturated rings. The normalized spacial score (nSPS) is 20.3. The molecule has 0 aromatic heterocycles. The molecule has 1 heterocycles. The number of nitrogens with zero attached hydrogens (tertiary/aromatic N) is 1. The topological polar surface area (TPSA) is 78.5 Å². The summed E-state index contributed by atoms with van der Waals surface area (Å²) in [6.07, 6.45) is 0. The third kappa shape index (κ3) is 3.67. The van der Waals surface area contributed by atoms with Crippen LogP contribution in [0.1, 0.15) is 31.0 Å². The highest BCUT2D eigenvalue weighted by Gasteiger charge is 2.49. The van der Waals surface area contributed by atoms with Crippen LogP contribution in [0.4, 0.5) is 9.18 Å². The van der Waals surface area contributed by atoms with Crippen LogP contribution in [0.3, 0.4) is 0 Å². The molecule has 1 aliphatic rings. The average Bonchev–Trinajstić information content (AvgIpc) is 2.87. The Morgan fingerprint density at radius 3 is 2.41 bits per heavy atom. The van der Waals surface area contributed by atoms with Gasteiger partial charge in [0.1, 0.15) is 17.9 Å². The van der Waals surface area contributed by atoms with Crippen molar-refractivity contribution in [2.75, 3.05) is 6.54 Å². The van der Waals surface area contributed by atoms with Crippen LogP contribution in [-0.2, 0) is 15.1 Å². The Hall–Kier alpha value is -3.22. The Morgan fingerprint density at radius 1 is 1.15 bits per heavy atom. The van der Waals surface area contributed by atoms with Crippen molar-refractivity contribution in [1.82, 2.24) is 15.5 Å². The number of halogens is 1. The summed E-state index contributed by atoms with van der Waals surface area (Å²) in [5.41, 5.74) is 0.156. The molecule has 7 heteroatoms. The number of urea groups is 1. The van der Waals surface area contributed by atoms with Crippen molar-refractivity contribution in [3.05, 3.63) is 71.5 Å². The molecule has 140 valence electrons. The summed E-state index contributed by atoms with van der Waals surface area (Å²) in [6, 6.07) is 13.6. The van der Waals surface area contributed by atoms with Crippen LogP contribution in [0.25, 0.3) is 0 Å². The van der Waals surface area contributed by atoms with Crippen LogP contribution in [0.15, 0.2) is 54.6 Å². The Labute approximate surface area is 156 Å². The number of hydrogen-bond donors (Lipinski definition) is 2. The third-order valence-corrected chi connectivity index (χ3v) is 4.68. The molecule has 0 radical (unpaired) electrons. The van der Waals surface area contributed by atoms with Crippen molar-refractivity contribution < 1.29 is 18.8 Å². The smallest absolute Gasteiger partial charge is 0.325 e. The largest absolute Gasteiger partial charge is 0.348 e. The highest BCUT2D eigenvalue weighted by atomic mass is 19.1. The predicted octanol–water partition coefficient (Wildman–Crippen LogP) is 2.47. The first kappa shape index (κ1) is 18.6. The molecule has 2 N–H and O–H groups in total. The van der Waals surface area contributed by atoms with E-state index >= 15 is 0 Å². The molecule has 27 heavy (non-hydrogen) atoms. The zero-order chi connectivity index (χ0) is 19.6. The standard InChI is InChI=1S/C20H20FN3O3/c1-13(14-8-10-16(21)11-9-14)22-17(25)12-24-18(26)20(2,23-19(24)27)15-6-4-3-5-7-15/h3-11,13H,12H2,1-2H3,(H,22,25)(H,23,27). The molecule has 1 saturated heterocycles. The van der Waals surface area contributed by atoms with Gasteiger partial charge in [0, 0.05) is 0 Å². The first-order valence-electron chi connectivity index (χ1n) is 8.56. The number of carbonyl (C=O) groups excluding carboxylic acids is 3. The zero-order valence-corrected chi connectivity index (χ0v) is 15.0. The van der Waals surface area contributed by atoms with Crippen molar-refractivity contribution in [3.63, 3.8) is 0 Å². The maximum Gasteiger partial charge on any atom is 0.325 e. The summed E-state index contributed by atoms with van der Waals surface area (Å²) in [7, 11) is 0. The van der Waals surface area contributed by atoms with Crippen molar-refractivity contribution in [1.29, 1.82) is 0 Å². The second kappa shape index (κ2) is 7.19. The fraction of sp³-hybridized carbons (Fsp3) is 0.250. The maximum absolute atomic E-state index is 13.0. The minimum Gasteiger partial charge on any atom is -0.348 e. The lowest BCUT2D eigenvalue weighted by molar-refractivity contribution is -0.135. The summed E-state index contributed by atoms with van der Waals surface area (Å²) in [6.45, 7) is 2.96. The highest BCUT2D eigenvalue weighted by Crippen LogP contribution is 2.28. The van der Waals surface area contributed by atoms with Gasteiger partial charge in [-0.05, 0) is 37.1 Å². The average molecular weight is 369 g/mol. The molecule has 6 nitrogen and oxygen atoms in total. The van der Waals surface area contributed by atoms with Gasteiger partial charge in [0.05, 0.1) is 6.04 Å². The number of benzene rings is 2. The Morgan fingerprint density at radius 2 is 1.78 bits per heavy atom. The molecule has 3 rings (SSSR count). The quantitative estimate of drug-likeness (QED) is 0.795. The first-order chi connectivity index (χ1) is 12.8. The lowest BCUT2D eigenvalue weighted by atomic mass is 9.92. The van der Waals surface area contributed by atoms with Crippen molar-refractivity contribution >= 4 is 17.8 Å². The van der Waals surface area contributed by atoms with E-state index in [2.05, 4.69) is 10.6 Å². The van der Waals surface area contributed by atoms with Gasteiger partial charge in [-0.15, -0.1) is 0 Å². The van der Waals surface area contributed by atoms with Gasteiger partial charge in [-0.25, -0.2) is 9.18 Å². The fourth-order valence-electron chi connectivity index (χ4n) is 3.07. The van der Waals surface area contributed by atoms with Gasteiger partial charge < -0.3 is 10.6 Å². The molecule has 0 bridgehead atoms. The van der Waals surface area contributed by atoms with E-state index in [1.165, 1.54) is 12.1 Å². The highest BCUT2D eigenvalue weighted by molar-refractivity contribution is 6.09. The minimum atomic E-state index is -1.21. The molecule has 0 spiro atoms. The minimum absolute atomic E-state index is 0.364. The molecule has 1 aliphatic heterocycles. The summed E-state index contributed by atoms with van der Waals surface area (Å²) >= 11 is 0. The van der Waals surface area contributed by atoms with Crippen molar-refractivity contribution in [2.24, 2.45) is 0 Å². The monoisotopic (exact) mass is 369 g/mol. The Bertz CT molecular complexity index is 870. The lowest BCUT2D eigenvalue weighted by Gasteiger charge is -2.22. The predicted molar refractivity (Wildman–Crippen MR) is 97.0 cm³/mol. The van der Waals surface area contributed by atoms with Crippen LogP contribution in [0, 0.1) is 5.82 Å². The number of carbonyl (C=O) groups is 3. The number of imide groups is 1. The van der Waals surface area contributed by atoms with Gasteiger partial charge in [-0.1, -0.05) is 42.5 Å². The summed E-state index contributed by atoms with van der Waals surface area (Å²) in [5.74, 6) is -1.33. The molecular formula is C20H20FN3O3. The van der Waals surface area contributed by atoms with Gasteiger partial charge in [0.15, 0.2) is 0 Å². The zero-order valence-electron chi connectivity index (χ0n) is 15.0. The van der Waals surface area contributed by atoms with E-state index in [-0.39, 0.29) is 11.9 Å². The van der Waals surface area contributed by atoms with Crippen LogP contribution >= 0.6 is 0 Å². The van der Waals surface area contributed by atoms with Crippen molar-refractivity contribution in [3.8, 4) is 0 Å². The molecule has 2 aromatic rings.